The third-order valence-corrected chi connectivity index (χ3v) is 5.64. The van der Waals surface area contributed by atoms with E-state index in [1.165, 1.54) is 12.5 Å². The zero-order chi connectivity index (χ0) is 17.0. The first-order valence-electron chi connectivity index (χ1n) is 9.08. The molecule has 130 valence electrons. The van der Waals surface area contributed by atoms with Crippen LogP contribution in [-0.4, -0.2) is 23.3 Å². The van der Waals surface area contributed by atoms with E-state index in [9.17, 15) is 9.90 Å². The number of ether oxygens (including phenoxy) is 1. The Bertz CT molecular complexity index is 464. The molecule has 1 N–H and O–H groups in total. The van der Waals surface area contributed by atoms with Crippen LogP contribution in [0.1, 0.15) is 59.8 Å². The molecule has 0 unspecified atom stereocenters. The summed E-state index contributed by atoms with van der Waals surface area (Å²) >= 11 is 0. The van der Waals surface area contributed by atoms with Gasteiger partial charge in [0, 0.05) is 6.92 Å². The molecule has 23 heavy (non-hydrogen) atoms. The Morgan fingerprint density at radius 1 is 1.22 bits per heavy atom. The highest BCUT2D eigenvalue weighted by molar-refractivity contribution is 5.66. The van der Waals surface area contributed by atoms with Crippen molar-refractivity contribution in [3.63, 3.8) is 0 Å². The van der Waals surface area contributed by atoms with E-state index in [-0.39, 0.29) is 12.1 Å². The van der Waals surface area contributed by atoms with Gasteiger partial charge in [-0.15, -0.1) is 0 Å². The number of carbonyl (C=O) groups is 1. The van der Waals surface area contributed by atoms with Crippen LogP contribution in [0.15, 0.2) is 23.8 Å². The standard InChI is InChI=1S/C20H32O3/c1-13(2)18-10-5-14(3)19-11-7-16(22)6-8-17(23-15(4)21)9-12-20(18)19/h5-6,8,13,16-20,22H,7,9-12H2,1-4H3/b8-6-/t16-,17-,18-,19+,20-/m1/s1. The minimum Gasteiger partial charge on any atom is -0.458 e. The number of carbonyl (C=O) groups excluding carboxylic acids is 1. The molecule has 0 saturated heterocycles. The van der Waals surface area contributed by atoms with Crippen LogP contribution in [0.5, 0.6) is 0 Å². The summed E-state index contributed by atoms with van der Waals surface area (Å²) < 4.78 is 5.42. The van der Waals surface area contributed by atoms with Crippen LogP contribution in [0.3, 0.4) is 0 Å². The number of aliphatic hydroxyl groups excluding tert-OH is 1. The van der Waals surface area contributed by atoms with Gasteiger partial charge in [-0.05, 0) is 68.8 Å². The smallest absolute Gasteiger partial charge is 0.303 e. The van der Waals surface area contributed by atoms with Crippen LogP contribution in [0, 0.1) is 23.7 Å². The normalized spacial score (nSPS) is 36.8. The zero-order valence-corrected chi connectivity index (χ0v) is 15.0. The fourth-order valence-corrected chi connectivity index (χ4v) is 4.37. The van der Waals surface area contributed by atoms with Crippen molar-refractivity contribution in [3.05, 3.63) is 23.8 Å². The number of hydrogen-bond acceptors (Lipinski definition) is 3. The molecule has 0 aromatic heterocycles. The van der Waals surface area contributed by atoms with Gasteiger partial charge in [0.1, 0.15) is 6.10 Å². The molecule has 0 aliphatic heterocycles. The molecule has 0 fully saturated rings. The fraction of sp³-hybridized carbons (Fsp3) is 0.750. The molecular weight excluding hydrogens is 288 g/mol. The lowest BCUT2D eigenvalue weighted by atomic mass is 9.65. The second-order valence-corrected chi connectivity index (χ2v) is 7.62. The molecule has 0 spiro atoms. The van der Waals surface area contributed by atoms with Gasteiger partial charge in [0.2, 0.25) is 0 Å². The number of fused-ring (bicyclic) bond motifs is 1. The molecule has 0 amide bonds. The maximum Gasteiger partial charge on any atom is 0.303 e. The third-order valence-electron chi connectivity index (χ3n) is 5.64. The number of esters is 1. The molecule has 2 aliphatic rings. The zero-order valence-electron chi connectivity index (χ0n) is 15.0. The van der Waals surface area contributed by atoms with E-state index < -0.39 is 6.10 Å². The monoisotopic (exact) mass is 320 g/mol. The Morgan fingerprint density at radius 3 is 2.61 bits per heavy atom. The van der Waals surface area contributed by atoms with Gasteiger partial charge in [0.15, 0.2) is 0 Å². The van der Waals surface area contributed by atoms with E-state index >= 15 is 0 Å². The van der Waals surface area contributed by atoms with Crippen LogP contribution in [0.4, 0.5) is 0 Å². The number of rotatable bonds is 2. The van der Waals surface area contributed by atoms with Crippen molar-refractivity contribution in [3.8, 4) is 0 Å². The van der Waals surface area contributed by atoms with Gasteiger partial charge in [-0.1, -0.05) is 31.6 Å². The van der Waals surface area contributed by atoms with E-state index in [1.807, 2.05) is 6.08 Å². The first kappa shape index (κ1) is 18.3. The maximum atomic E-state index is 11.3. The summed E-state index contributed by atoms with van der Waals surface area (Å²) in [6.45, 7) is 8.32. The van der Waals surface area contributed by atoms with Gasteiger partial charge in [0.05, 0.1) is 6.10 Å². The summed E-state index contributed by atoms with van der Waals surface area (Å²) in [5.74, 6) is 2.26. The van der Waals surface area contributed by atoms with E-state index in [2.05, 4.69) is 26.8 Å². The molecule has 2 aliphatic carbocycles. The third kappa shape index (κ3) is 4.94. The van der Waals surface area contributed by atoms with Gasteiger partial charge in [-0.3, -0.25) is 4.79 Å². The predicted octanol–water partition coefficient (Wildman–Crippen LogP) is 4.26. The molecule has 3 heteroatoms. The molecule has 0 heterocycles. The predicted molar refractivity (Wildman–Crippen MR) is 92.9 cm³/mol. The first-order valence-corrected chi connectivity index (χ1v) is 9.08. The maximum absolute atomic E-state index is 11.3. The summed E-state index contributed by atoms with van der Waals surface area (Å²) in [6, 6.07) is 0. The Labute approximate surface area is 140 Å². The van der Waals surface area contributed by atoms with Crippen LogP contribution in [0.2, 0.25) is 0 Å². The minimum atomic E-state index is -0.445. The van der Waals surface area contributed by atoms with Gasteiger partial charge in [-0.25, -0.2) is 0 Å². The average Bonchev–Trinajstić information content (AvgIpc) is 2.47. The van der Waals surface area contributed by atoms with Gasteiger partial charge in [-0.2, -0.15) is 0 Å². The van der Waals surface area contributed by atoms with Crippen molar-refractivity contribution in [1.82, 2.24) is 0 Å². The highest BCUT2D eigenvalue weighted by atomic mass is 16.5. The van der Waals surface area contributed by atoms with Crippen LogP contribution in [0.25, 0.3) is 0 Å². The van der Waals surface area contributed by atoms with Crippen LogP contribution >= 0.6 is 0 Å². The van der Waals surface area contributed by atoms with E-state index in [1.54, 1.807) is 6.08 Å². The molecule has 0 aromatic rings. The molecular formula is C20H32O3. The molecule has 0 saturated carbocycles. The highest BCUT2D eigenvalue weighted by Crippen LogP contribution is 2.44. The Kier molecular flexibility index (Phi) is 6.46. The lowest BCUT2D eigenvalue weighted by molar-refractivity contribution is -0.144. The molecule has 3 nitrogen and oxygen atoms in total. The Balaban J connectivity index is 2.22. The molecule has 0 aromatic carbocycles. The number of aliphatic hydroxyl groups is 1. The topological polar surface area (TPSA) is 46.5 Å². The molecule has 5 atom stereocenters. The van der Waals surface area contributed by atoms with E-state index in [0.717, 1.165) is 32.1 Å². The summed E-state index contributed by atoms with van der Waals surface area (Å²) in [5.41, 5.74) is 1.48. The Morgan fingerprint density at radius 2 is 1.96 bits per heavy atom. The fourth-order valence-electron chi connectivity index (χ4n) is 4.37. The SMILES string of the molecule is CC(=O)O[C@@H]1/C=C\[C@@H](O)CC[C@H]2C(C)=CC[C@H](C(C)C)[C@H]2CC1. The summed E-state index contributed by atoms with van der Waals surface area (Å²) in [7, 11) is 0. The van der Waals surface area contributed by atoms with E-state index in [0.29, 0.717) is 23.7 Å². The van der Waals surface area contributed by atoms with Crippen molar-refractivity contribution in [2.24, 2.45) is 23.7 Å². The van der Waals surface area contributed by atoms with Crippen LogP contribution < -0.4 is 0 Å². The lowest BCUT2D eigenvalue weighted by Crippen LogP contribution is -2.33. The van der Waals surface area contributed by atoms with Crippen molar-refractivity contribution >= 4 is 5.97 Å². The Hall–Kier alpha value is -1.09. The second-order valence-electron chi connectivity index (χ2n) is 7.62. The first-order chi connectivity index (χ1) is 10.9. The average molecular weight is 320 g/mol. The van der Waals surface area contributed by atoms with Gasteiger partial charge in [0.25, 0.3) is 0 Å². The van der Waals surface area contributed by atoms with Crippen molar-refractivity contribution < 1.29 is 14.6 Å². The van der Waals surface area contributed by atoms with Gasteiger partial charge < -0.3 is 9.84 Å². The second kappa shape index (κ2) is 8.14. The number of hydrogen-bond donors (Lipinski definition) is 1. The van der Waals surface area contributed by atoms with Crippen molar-refractivity contribution in [2.75, 3.05) is 0 Å². The van der Waals surface area contributed by atoms with Crippen molar-refractivity contribution in [2.45, 2.75) is 72.0 Å². The van der Waals surface area contributed by atoms with Crippen molar-refractivity contribution in [1.29, 1.82) is 0 Å². The minimum absolute atomic E-state index is 0.208. The largest absolute Gasteiger partial charge is 0.458 e. The summed E-state index contributed by atoms with van der Waals surface area (Å²) in [5, 5.41) is 10.2. The highest BCUT2D eigenvalue weighted by Gasteiger charge is 2.35. The molecule has 0 bridgehead atoms. The quantitative estimate of drug-likeness (QED) is 0.611. The van der Waals surface area contributed by atoms with Gasteiger partial charge >= 0.3 is 5.97 Å². The molecule has 0 radical (unpaired) electrons. The molecule has 2 rings (SSSR count). The number of allylic oxidation sites excluding steroid dienone is 2. The van der Waals surface area contributed by atoms with Crippen LogP contribution in [-0.2, 0) is 9.53 Å². The summed E-state index contributed by atoms with van der Waals surface area (Å²) in [4.78, 5) is 11.3. The van der Waals surface area contributed by atoms with E-state index in [4.69, 9.17) is 4.74 Å². The summed E-state index contributed by atoms with van der Waals surface area (Å²) in [6.07, 6.45) is 10.3. The lowest BCUT2D eigenvalue weighted by Gasteiger charge is -2.41.